The Bertz CT molecular complexity index is 884. The summed E-state index contributed by atoms with van der Waals surface area (Å²) >= 11 is 0. The molecule has 1 saturated heterocycles. The fraction of sp³-hybridized carbons (Fsp3) is 0.500. The van der Waals surface area contributed by atoms with Crippen molar-refractivity contribution in [1.29, 1.82) is 5.26 Å². The van der Waals surface area contributed by atoms with E-state index in [0.717, 1.165) is 54.9 Å². The topological polar surface area (TPSA) is 70.7 Å². The van der Waals surface area contributed by atoms with E-state index >= 15 is 0 Å². The number of Topliss-reactive ketones (excluding diaryl/α,β-unsaturated/α-hetero) is 1. The molecule has 2 aliphatic rings. The van der Waals surface area contributed by atoms with Gasteiger partial charge in [0.2, 0.25) is 0 Å². The van der Waals surface area contributed by atoms with Crippen LogP contribution in [0.5, 0.6) is 0 Å². The van der Waals surface area contributed by atoms with Crippen LogP contribution >= 0.6 is 12.4 Å². The van der Waals surface area contributed by atoms with Crippen LogP contribution in [0.25, 0.3) is 11.3 Å². The molecule has 1 aromatic heterocycles. The van der Waals surface area contributed by atoms with Gasteiger partial charge in [0.05, 0.1) is 17.3 Å². The molecule has 0 unspecified atom stereocenters. The van der Waals surface area contributed by atoms with E-state index in [1.165, 1.54) is 0 Å². The number of nitrogens with zero attached hydrogens (tertiary/aromatic N) is 3. The lowest BCUT2D eigenvalue weighted by molar-refractivity contribution is 0.0951. The third kappa shape index (κ3) is 3.99. The second-order valence-corrected chi connectivity index (χ2v) is 8.10. The number of carbonyl (C=O) groups is 1. The molecule has 1 saturated carbocycles. The molecule has 1 N–H and O–H groups in total. The van der Waals surface area contributed by atoms with Gasteiger partial charge in [-0.3, -0.25) is 9.48 Å². The number of ketones is 1. The fourth-order valence-corrected chi connectivity index (χ4v) is 4.02. The molecule has 6 heteroatoms. The Morgan fingerprint density at radius 2 is 2.00 bits per heavy atom. The quantitative estimate of drug-likeness (QED) is 0.728. The molecule has 1 aliphatic heterocycles. The highest BCUT2D eigenvalue weighted by atomic mass is 35.5. The molecule has 1 aromatic carbocycles. The molecule has 2 heterocycles. The molecule has 2 fully saturated rings. The lowest BCUT2D eigenvalue weighted by Crippen LogP contribution is -2.18. The van der Waals surface area contributed by atoms with E-state index in [1.807, 2.05) is 28.9 Å². The third-order valence-corrected chi connectivity index (χ3v) is 5.61. The first kappa shape index (κ1) is 20.6. The van der Waals surface area contributed by atoms with Crippen molar-refractivity contribution in [1.82, 2.24) is 15.1 Å². The molecule has 0 spiro atoms. The van der Waals surface area contributed by atoms with Crippen LogP contribution in [0.3, 0.4) is 0 Å². The maximum atomic E-state index is 13.3. The summed E-state index contributed by atoms with van der Waals surface area (Å²) in [7, 11) is 0. The van der Waals surface area contributed by atoms with E-state index in [4.69, 9.17) is 10.4 Å². The first-order chi connectivity index (χ1) is 13.1. The highest BCUT2D eigenvalue weighted by Crippen LogP contribution is 2.47. The average molecular weight is 399 g/mol. The lowest BCUT2D eigenvalue weighted by Gasteiger charge is -2.13. The van der Waals surface area contributed by atoms with Crippen LogP contribution in [0.15, 0.2) is 24.3 Å². The number of nitriles is 1. The number of aromatic nitrogens is 2. The van der Waals surface area contributed by atoms with Crippen molar-refractivity contribution in [2.45, 2.75) is 51.5 Å². The average Bonchev–Trinajstić information content (AvgIpc) is 3.22. The van der Waals surface area contributed by atoms with Crippen molar-refractivity contribution in [2.75, 3.05) is 13.1 Å². The third-order valence-electron chi connectivity index (χ3n) is 5.61. The highest BCUT2D eigenvalue weighted by molar-refractivity contribution is 5.98. The fourth-order valence-electron chi connectivity index (χ4n) is 4.02. The minimum atomic E-state index is 0. The van der Waals surface area contributed by atoms with E-state index in [9.17, 15) is 4.79 Å². The van der Waals surface area contributed by atoms with Gasteiger partial charge in [-0.2, -0.15) is 10.4 Å². The van der Waals surface area contributed by atoms with Crippen molar-refractivity contribution in [3.05, 3.63) is 41.1 Å². The number of nitrogens with one attached hydrogen (secondary N) is 1. The SMILES string of the molecule is CC(C)n1nc(-c2ccc(C#N)cc2)c(C2CC2)c1C(=O)C[C@@H]1CCNC1.Cl. The van der Waals surface area contributed by atoms with E-state index in [1.54, 1.807) is 0 Å². The Kier molecular flexibility index (Phi) is 6.22. The summed E-state index contributed by atoms with van der Waals surface area (Å²) in [5, 5.41) is 17.3. The summed E-state index contributed by atoms with van der Waals surface area (Å²) in [5.74, 6) is 1.09. The van der Waals surface area contributed by atoms with Crippen LogP contribution in [0.2, 0.25) is 0 Å². The Morgan fingerprint density at radius 3 is 2.54 bits per heavy atom. The summed E-state index contributed by atoms with van der Waals surface area (Å²) in [6, 6.07) is 9.85. The molecule has 0 amide bonds. The van der Waals surface area contributed by atoms with Crippen LogP contribution < -0.4 is 5.32 Å². The normalized spacial score (nSPS) is 18.7. The van der Waals surface area contributed by atoms with Crippen LogP contribution in [0.1, 0.15) is 73.1 Å². The summed E-state index contributed by atoms with van der Waals surface area (Å²) in [5.41, 5.74) is 4.50. The number of hydrogen-bond donors (Lipinski definition) is 1. The smallest absolute Gasteiger partial charge is 0.181 e. The number of hydrogen-bond acceptors (Lipinski definition) is 4. The van der Waals surface area contributed by atoms with Crippen LogP contribution in [0, 0.1) is 17.2 Å². The predicted octanol–water partition coefficient (Wildman–Crippen LogP) is 4.48. The minimum absolute atomic E-state index is 0. The lowest BCUT2D eigenvalue weighted by atomic mass is 9.94. The number of halogens is 1. The number of benzene rings is 1. The van der Waals surface area contributed by atoms with Gasteiger partial charge in [0, 0.05) is 23.6 Å². The Balaban J connectivity index is 0.00000225. The summed E-state index contributed by atoms with van der Waals surface area (Å²) in [6.07, 6.45) is 3.91. The van der Waals surface area contributed by atoms with Gasteiger partial charge in [0.15, 0.2) is 5.78 Å². The van der Waals surface area contributed by atoms with Crippen molar-refractivity contribution >= 4 is 18.2 Å². The highest BCUT2D eigenvalue weighted by Gasteiger charge is 2.36. The van der Waals surface area contributed by atoms with Gasteiger partial charge in [0.25, 0.3) is 0 Å². The number of carbonyl (C=O) groups excluding carboxylic acids is 1. The van der Waals surface area contributed by atoms with Crippen molar-refractivity contribution < 1.29 is 4.79 Å². The van der Waals surface area contributed by atoms with E-state index in [0.29, 0.717) is 23.8 Å². The molecule has 2 aromatic rings. The van der Waals surface area contributed by atoms with E-state index < -0.39 is 0 Å². The standard InChI is InChI=1S/C22H26N4O.ClH/c1-14(2)26-22(19(27)11-16-9-10-24-13-16)20(17-7-8-17)21(25-26)18-5-3-15(12-23)4-6-18;/h3-6,14,16-17,24H,7-11,13H2,1-2H3;1H/t16-;/m0./s1. The van der Waals surface area contributed by atoms with Gasteiger partial charge < -0.3 is 5.32 Å². The molecule has 1 aliphatic carbocycles. The van der Waals surface area contributed by atoms with Gasteiger partial charge in [-0.05, 0) is 70.2 Å². The molecule has 0 bridgehead atoms. The predicted molar refractivity (Wildman–Crippen MR) is 112 cm³/mol. The molecular weight excluding hydrogens is 372 g/mol. The van der Waals surface area contributed by atoms with Crippen LogP contribution in [-0.4, -0.2) is 28.7 Å². The Labute approximate surface area is 172 Å². The van der Waals surface area contributed by atoms with Crippen molar-refractivity contribution in [3.63, 3.8) is 0 Å². The zero-order valence-corrected chi connectivity index (χ0v) is 17.3. The molecular formula is C22H27ClN4O. The zero-order chi connectivity index (χ0) is 19.0. The van der Waals surface area contributed by atoms with Gasteiger partial charge in [-0.1, -0.05) is 12.1 Å². The Hall–Kier alpha value is -2.16. The van der Waals surface area contributed by atoms with Crippen molar-refractivity contribution in [3.8, 4) is 17.3 Å². The number of rotatable bonds is 6. The monoisotopic (exact) mass is 398 g/mol. The first-order valence-electron chi connectivity index (χ1n) is 9.95. The second kappa shape index (κ2) is 8.46. The largest absolute Gasteiger partial charge is 0.316 e. The molecule has 0 radical (unpaired) electrons. The summed E-state index contributed by atoms with van der Waals surface area (Å²) in [6.45, 7) is 6.11. The van der Waals surface area contributed by atoms with Crippen LogP contribution in [-0.2, 0) is 0 Å². The van der Waals surface area contributed by atoms with Gasteiger partial charge in [-0.25, -0.2) is 0 Å². The molecule has 4 rings (SSSR count). The summed E-state index contributed by atoms with van der Waals surface area (Å²) in [4.78, 5) is 13.3. The molecule has 148 valence electrons. The van der Waals surface area contributed by atoms with E-state index in [-0.39, 0.29) is 24.2 Å². The summed E-state index contributed by atoms with van der Waals surface area (Å²) < 4.78 is 1.94. The second-order valence-electron chi connectivity index (χ2n) is 8.10. The Morgan fingerprint density at radius 1 is 1.29 bits per heavy atom. The molecule has 1 atom stereocenters. The maximum absolute atomic E-state index is 13.3. The molecule has 28 heavy (non-hydrogen) atoms. The van der Waals surface area contributed by atoms with Gasteiger partial charge in [-0.15, -0.1) is 12.4 Å². The minimum Gasteiger partial charge on any atom is -0.316 e. The molecule has 5 nitrogen and oxygen atoms in total. The van der Waals surface area contributed by atoms with E-state index in [2.05, 4.69) is 25.2 Å². The van der Waals surface area contributed by atoms with Crippen molar-refractivity contribution in [2.24, 2.45) is 5.92 Å². The van der Waals surface area contributed by atoms with Crippen LogP contribution in [0.4, 0.5) is 0 Å². The maximum Gasteiger partial charge on any atom is 0.181 e. The zero-order valence-electron chi connectivity index (χ0n) is 16.4. The van der Waals surface area contributed by atoms with Gasteiger partial charge >= 0.3 is 0 Å². The van der Waals surface area contributed by atoms with Gasteiger partial charge in [0.1, 0.15) is 5.69 Å². The first-order valence-corrected chi connectivity index (χ1v) is 9.95.